The van der Waals surface area contributed by atoms with Gasteiger partial charge < -0.3 is 0 Å². The molecule has 0 fully saturated rings. The van der Waals surface area contributed by atoms with Gasteiger partial charge in [-0.1, -0.05) is 6.08 Å². The molecule has 1 aromatic heterocycles. The van der Waals surface area contributed by atoms with Crippen LogP contribution >= 0.6 is 27.3 Å². The van der Waals surface area contributed by atoms with E-state index >= 15 is 0 Å². The molecule has 0 saturated heterocycles. The van der Waals surface area contributed by atoms with Gasteiger partial charge in [-0.3, -0.25) is 4.90 Å². The van der Waals surface area contributed by atoms with E-state index in [-0.39, 0.29) is 0 Å². The van der Waals surface area contributed by atoms with Crippen LogP contribution < -0.4 is 0 Å². The molecule has 0 spiro atoms. The maximum Gasteiger partial charge on any atom is 0.0701 e. The quantitative estimate of drug-likeness (QED) is 0.738. The number of hydrogen-bond donors (Lipinski definition) is 0. The van der Waals surface area contributed by atoms with Crippen molar-refractivity contribution >= 4 is 27.3 Å². The lowest BCUT2D eigenvalue weighted by Crippen LogP contribution is -2.16. The van der Waals surface area contributed by atoms with Crippen molar-refractivity contribution in [1.29, 1.82) is 0 Å². The minimum absolute atomic E-state index is 0.940. The minimum atomic E-state index is 0.940. The lowest BCUT2D eigenvalue weighted by molar-refractivity contribution is 0.367. The van der Waals surface area contributed by atoms with E-state index in [1.165, 1.54) is 8.66 Å². The molecular formula is C9H12BrNS. The van der Waals surface area contributed by atoms with Gasteiger partial charge in [0.05, 0.1) is 3.79 Å². The molecule has 0 unspecified atom stereocenters. The van der Waals surface area contributed by atoms with E-state index in [2.05, 4.69) is 46.6 Å². The third-order valence-electron chi connectivity index (χ3n) is 1.50. The van der Waals surface area contributed by atoms with Gasteiger partial charge >= 0.3 is 0 Å². The predicted octanol–water partition coefficient (Wildman–Crippen LogP) is 3.13. The number of hydrogen-bond acceptors (Lipinski definition) is 2. The highest BCUT2D eigenvalue weighted by Crippen LogP contribution is 2.22. The lowest BCUT2D eigenvalue weighted by atomic mass is 10.4. The average molecular weight is 246 g/mol. The molecule has 1 aromatic rings. The van der Waals surface area contributed by atoms with Gasteiger partial charge in [-0.25, -0.2) is 0 Å². The third-order valence-corrected chi connectivity index (χ3v) is 3.10. The first-order valence-electron chi connectivity index (χ1n) is 3.76. The Morgan fingerprint density at radius 1 is 1.67 bits per heavy atom. The summed E-state index contributed by atoms with van der Waals surface area (Å²) in [5.41, 5.74) is 0. The molecule has 0 aromatic carbocycles. The van der Waals surface area contributed by atoms with Crippen LogP contribution in [0.3, 0.4) is 0 Å². The van der Waals surface area contributed by atoms with Gasteiger partial charge in [0.25, 0.3) is 0 Å². The largest absolute Gasteiger partial charge is 0.298 e. The second-order valence-electron chi connectivity index (χ2n) is 2.69. The predicted molar refractivity (Wildman–Crippen MR) is 58.6 cm³/mol. The summed E-state index contributed by atoms with van der Waals surface area (Å²) in [5.74, 6) is 0. The SMILES string of the molecule is C=CCN(C)Cc1ccc(Br)s1. The molecular weight excluding hydrogens is 234 g/mol. The van der Waals surface area contributed by atoms with Crippen LogP contribution in [0.25, 0.3) is 0 Å². The molecule has 1 nitrogen and oxygen atoms in total. The van der Waals surface area contributed by atoms with Gasteiger partial charge in [-0.2, -0.15) is 0 Å². The second kappa shape index (κ2) is 4.80. The van der Waals surface area contributed by atoms with Crippen LogP contribution in [-0.4, -0.2) is 18.5 Å². The van der Waals surface area contributed by atoms with E-state index in [0.717, 1.165) is 13.1 Å². The van der Waals surface area contributed by atoms with E-state index in [0.29, 0.717) is 0 Å². The zero-order valence-corrected chi connectivity index (χ0v) is 9.49. The fourth-order valence-electron chi connectivity index (χ4n) is 0.988. The number of likely N-dealkylation sites (N-methyl/N-ethyl adjacent to an activating group) is 1. The normalized spacial score (nSPS) is 10.6. The van der Waals surface area contributed by atoms with Crippen molar-refractivity contribution in [3.05, 3.63) is 33.5 Å². The molecule has 1 heterocycles. The zero-order valence-electron chi connectivity index (χ0n) is 7.09. The monoisotopic (exact) mass is 245 g/mol. The summed E-state index contributed by atoms with van der Waals surface area (Å²) in [6.07, 6.45) is 1.92. The maximum atomic E-state index is 3.70. The summed E-state index contributed by atoms with van der Waals surface area (Å²) in [7, 11) is 2.09. The van der Waals surface area contributed by atoms with Crippen molar-refractivity contribution in [2.75, 3.05) is 13.6 Å². The molecule has 12 heavy (non-hydrogen) atoms. The molecule has 0 aliphatic carbocycles. The van der Waals surface area contributed by atoms with Crippen LogP contribution in [0.2, 0.25) is 0 Å². The van der Waals surface area contributed by atoms with Crippen molar-refractivity contribution in [3.63, 3.8) is 0 Å². The van der Waals surface area contributed by atoms with Crippen molar-refractivity contribution < 1.29 is 0 Å². The Morgan fingerprint density at radius 3 is 2.92 bits per heavy atom. The summed E-state index contributed by atoms with van der Waals surface area (Å²) in [5, 5.41) is 0. The highest BCUT2D eigenvalue weighted by Gasteiger charge is 2.00. The molecule has 66 valence electrons. The Balaban J connectivity index is 2.46. The van der Waals surface area contributed by atoms with Crippen LogP contribution in [-0.2, 0) is 6.54 Å². The van der Waals surface area contributed by atoms with E-state index in [4.69, 9.17) is 0 Å². The van der Waals surface area contributed by atoms with Gasteiger partial charge in [0.15, 0.2) is 0 Å². The second-order valence-corrected chi connectivity index (χ2v) is 5.24. The van der Waals surface area contributed by atoms with Crippen LogP contribution in [0, 0.1) is 0 Å². The average Bonchev–Trinajstić information content (AvgIpc) is 2.36. The van der Waals surface area contributed by atoms with Gasteiger partial charge in [-0.05, 0) is 35.1 Å². The number of halogens is 1. The molecule has 0 amide bonds. The van der Waals surface area contributed by atoms with Gasteiger partial charge in [0, 0.05) is 18.0 Å². The summed E-state index contributed by atoms with van der Waals surface area (Å²) >= 11 is 5.22. The third kappa shape index (κ3) is 3.09. The summed E-state index contributed by atoms with van der Waals surface area (Å²) in [4.78, 5) is 3.61. The van der Waals surface area contributed by atoms with Crippen molar-refractivity contribution in [2.45, 2.75) is 6.54 Å². The highest BCUT2D eigenvalue weighted by atomic mass is 79.9. The number of thiophene rings is 1. The number of nitrogens with zero attached hydrogens (tertiary/aromatic N) is 1. The topological polar surface area (TPSA) is 3.24 Å². The molecule has 0 atom stereocenters. The van der Waals surface area contributed by atoms with Crippen LogP contribution in [0.1, 0.15) is 4.88 Å². The minimum Gasteiger partial charge on any atom is -0.298 e. The molecule has 0 N–H and O–H groups in total. The fraction of sp³-hybridized carbons (Fsp3) is 0.333. The van der Waals surface area contributed by atoms with Crippen molar-refractivity contribution in [1.82, 2.24) is 4.90 Å². The summed E-state index contributed by atoms with van der Waals surface area (Å²) in [6, 6.07) is 4.23. The summed E-state index contributed by atoms with van der Waals surface area (Å²) < 4.78 is 1.20. The smallest absolute Gasteiger partial charge is 0.0701 e. The summed E-state index contributed by atoms with van der Waals surface area (Å²) in [6.45, 7) is 5.64. The Hall–Kier alpha value is -0.120. The van der Waals surface area contributed by atoms with E-state index in [1.54, 1.807) is 11.3 Å². The molecule has 0 radical (unpaired) electrons. The zero-order chi connectivity index (χ0) is 8.97. The molecule has 0 saturated carbocycles. The first kappa shape index (κ1) is 9.96. The van der Waals surface area contributed by atoms with E-state index in [9.17, 15) is 0 Å². The van der Waals surface area contributed by atoms with Gasteiger partial charge in [0.2, 0.25) is 0 Å². The number of rotatable bonds is 4. The van der Waals surface area contributed by atoms with Crippen LogP contribution in [0.5, 0.6) is 0 Å². The Labute approximate surface area is 85.8 Å². The molecule has 0 aliphatic heterocycles. The highest BCUT2D eigenvalue weighted by molar-refractivity contribution is 9.11. The van der Waals surface area contributed by atoms with E-state index in [1.807, 2.05) is 6.08 Å². The Morgan fingerprint density at radius 2 is 2.42 bits per heavy atom. The molecule has 0 bridgehead atoms. The molecule has 0 aliphatic rings. The van der Waals surface area contributed by atoms with Crippen LogP contribution in [0.4, 0.5) is 0 Å². The first-order valence-corrected chi connectivity index (χ1v) is 5.37. The maximum absolute atomic E-state index is 3.70. The van der Waals surface area contributed by atoms with Crippen molar-refractivity contribution in [2.24, 2.45) is 0 Å². The first-order chi connectivity index (χ1) is 5.72. The van der Waals surface area contributed by atoms with Gasteiger partial charge in [0.1, 0.15) is 0 Å². The standard InChI is InChI=1S/C9H12BrNS/c1-3-6-11(2)7-8-4-5-9(10)12-8/h3-5H,1,6-7H2,2H3. The fourth-order valence-corrected chi connectivity index (χ4v) is 2.55. The van der Waals surface area contributed by atoms with Crippen molar-refractivity contribution in [3.8, 4) is 0 Å². The Kier molecular flexibility index (Phi) is 3.98. The lowest BCUT2D eigenvalue weighted by Gasteiger charge is -2.11. The van der Waals surface area contributed by atoms with Gasteiger partial charge in [-0.15, -0.1) is 17.9 Å². The Bertz CT molecular complexity index is 257. The molecule has 1 rings (SSSR count). The van der Waals surface area contributed by atoms with Crippen LogP contribution in [0.15, 0.2) is 28.6 Å². The molecule has 3 heteroatoms. The van der Waals surface area contributed by atoms with E-state index < -0.39 is 0 Å².